The zero-order valence-corrected chi connectivity index (χ0v) is 14.9. The molecule has 0 fully saturated rings. The Morgan fingerprint density at radius 3 is 2.67 bits per heavy atom. The van der Waals surface area contributed by atoms with E-state index in [9.17, 15) is 8.42 Å². The van der Waals surface area contributed by atoms with Gasteiger partial charge in [-0.25, -0.2) is 13.1 Å². The molecular weight excluding hydrogens is 370 g/mol. The lowest BCUT2D eigenvalue weighted by atomic mass is 10.2. The van der Waals surface area contributed by atoms with Crippen LogP contribution in [0.4, 0.5) is 0 Å². The molecule has 0 saturated heterocycles. The fourth-order valence-corrected chi connectivity index (χ4v) is 3.94. The summed E-state index contributed by atoms with van der Waals surface area (Å²) in [7, 11) is -3.43. The third-order valence-corrected chi connectivity index (χ3v) is 5.60. The molecule has 0 atom stereocenters. The summed E-state index contributed by atoms with van der Waals surface area (Å²) in [6.45, 7) is 0.196. The molecule has 3 rings (SSSR count). The molecule has 0 aliphatic rings. The average molecular weight is 384 g/mol. The van der Waals surface area contributed by atoms with E-state index in [4.69, 9.17) is 16.0 Å². The summed E-state index contributed by atoms with van der Waals surface area (Å²) in [6, 6.07) is 10.5. The summed E-state index contributed by atoms with van der Waals surface area (Å²) >= 11 is 7.29. The maximum absolute atomic E-state index is 12.1. The van der Waals surface area contributed by atoms with Crippen molar-refractivity contribution in [1.29, 1.82) is 0 Å². The largest absolute Gasteiger partial charge is 0.420 e. The lowest BCUT2D eigenvalue weighted by molar-refractivity contribution is 0.503. The zero-order chi connectivity index (χ0) is 17.0. The molecule has 2 aromatic heterocycles. The fourth-order valence-electron chi connectivity index (χ4n) is 2.02. The smallest absolute Gasteiger partial charge is 0.257 e. The van der Waals surface area contributed by atoms with Gasteiger partial charge in [0.2, 0.25) is 15.9 Å². The topological polar surface area (TPSA) is 85.1 Å². The number of benzene rings is 1. The SMILES string of the molecule is O=S(=O)(Cc1ccc(Cl)cc1)NCCc1nnc(-c2cccs2)o1. The van der Waals surface area contributed by atoms with Crippen molar-refractivity contribution in [3.05, 3.63) is 58.3 Å². The summed E-state index contributed by atoms with van der Waals surface area (Å²) in [4.78, 5) is 0.886. The van der Waals surface area contributed by atoms with Gasteiger partial charge >= 0.3 is 0 Å². The number of thiophene rings is 1. The van der Waals surface area contributed by atoms with Gasteiger partial charge in [0, 0.05) is 18.0 Å². The molecule has 0 radical (unpaired) electrons. The van der Waals surface area contributed by atoms with Crippen LogP contribution in [0.5, 0.6) is 0 Å². The van der Waals surface area contributed by atoms with Crippen molar-refractivity contribution in [3.8, 4) is 10.8 Å². The number of sulfonamides is 1. The predicted molar refractivity (Wildman–Crippen MR) is 93.4 cm³/mol. The van der Waals surface area contributed by atoms with Crippen LogP contribution in [-0.4, -0.2) is 25.2 Å². The molecule has 0 aliphatic heterocycles. The van der Waals surface area contributed by atoms with Crippen molar-refractivity contribution in [3.63, 3.8) is 0 Å². The highest BCUT2D eigenvalue weighted by atomic mass is 35.5. The van der Waals surface area contributed by atoms with Gasteiger partial charge in [-0.05, 0) is 29.1 Å². The van der Waals surface area contributed by atoms with Crippen LogP contribution in [0.2, 0.25) is 5.02 Å². The third-order valence-electron chi connectivity index (χ3n) is 3.13. The van der Waals surface area contributed by atoms with Gasteiger partial charge < -0.3 is 4.42 Å². The molecule has 3 aromatic rings. The van der Waals surface area contributed by atoms with Gasteiger partial charge in [0.1, 0.15) is 0 Å². The lowest BCUT2D eigenvalue weighted by Gasteiger charge is -2.05. The fraction of sp³-hybridized carbons (Fsp3) is 0.200. The second-order valence-electron chi connectivity index (χ2n) is 5.01. The van der Waals surface area contributed by atoms with Crippen LogP contribution in [0, 0.1) is 0 Å². The number of halogens is 1. The Balaban J connectivity index is 1.53. The van der Waals surface area contributed by atoms with Crippen LogP contribution < -0.4 is 4.72 Å². The normalized spacial score (nSPS) is 11.7. The monoisotopic (exact) mass is 383 g/mol. The van der Waals surface area contributed by atoms with E-state index in [0.717, 1.165) is 4.88 Å². The van der Waals surface area contributed by atoms with Gasteiger partial charge in [0.25, 0.3) is 5.89 Å². The Hall–Kier alpha value is -1.74. The minimum Gasteiger partial charge on any atom is -0.420 e. The van der Waals surface area contributed by atoms with Crippen LogP contribution in [0.3, 0.4) is 0 Å². The zero-order valence-electron chi connectivity index (χ0n) is 12.5. The predicted octanol–water partition coefficient (Wildman–Crippen LogP) is 3.11. The molecule has 2 heterocycles. The third kappa shape index (κ3) is 4.64. The van der Waals surface area contributed by atoms with E-state index in [-0.39, 0.29) is 12.3 Å². The molecule has 6 nitrogen and oxygen atoms in total. The van der Waals surface area contributed by atoms with E-state index in [1.165, 1.54) is 11.3 Å². The molecule has 0 bridgehead atoms. The van der Waals surface area contributed by atoms with Crippen LogP contribution in [0.25, 0.3) is 10.8 Å². The highest BCUT2D eigenvalue weighted by Gasteiger charge is 2.13. The molecule has 0 spiro atoms. The maximum Gasteiger partial charge on any atom is 0.257 e. The summed E-state index contributed by atoms with van der Waals surface area (Å²) in [5.41, 5.74) is 0.671. The van der Waals surface area contributed by atoms with Gasteiger partial charge in [0.15, 0.2) is 0 Å². The van der Waals surface area contributed by atoms with Crippen LogP contribution >= 0.6 is 22.9 Å². The molecule has 9 heteroatoms. The second kappa shape index (κ2) is 7.43. The highest BCUT2D eigenvalue weighted by Crippen LogP contribution is 2.22. The Kier molecular flexibility index (Phi) is 5.30. The number of hydrogen-bond acceptors (Lipinski definition) is 6. The first-order valence-corrected chi connectivity index (χ1v) is 10.0. The number of nitrogens with one attached hydrogen (secondary N) is 1. The molecule has 126 valence electrons. The summed E-state index contributed by atoms with van der Waals surface area (Å²) in [5.74, 6) is 0.741. The van der Waals surface area contributed by atoms with E-state index in [1.807, 2.05) is 17.5 Å². The van der Waals surface area contributed by atoms with Crippen molar-refractivity contribution in [1.82, 2.24) is 14.9 Å². The van der Waals surface area contributed by atoms with Crippen LogP contribution in [0.1, 0.15) is 11.5 Å². The number of hydrogen-bond donors (Lipinski definition) is 1. The van der Waals surface area contributed by atoms with E-state index in [0.29, 0.717) is 28.8 Å². The van der Waals surface area contributed by atoms with E-state index in [2.05, 4.69) is 14.9 Å². The van der Waals surface area contributed by atoms with E-state index >= 15 is 0 Å². The minimum atomic E-state index is -3.43. The van der Waals surface area contributed by atoms with Gasteiger partial charge in [-0.3, -0.25) is 0 Å². The standard InChI is InChI=1S/C15H14ClN3O3S2/c16-12-5-3-11(4-6-12)10-24(20,21)17-8-7-14-18-19-15(22-14)13-2-1-9-23-13/h1-6,9,17H,7-8,10H2. The Morgan fingerprint density at radius 1 is 1.17 bits per heavy atom. The lowest BCUT2D eigenvalue weighted by Crippen LogP contribution is -2.27. The van der Waals surface area contributed by atoms with Crippen molar-refractivity contribution >= 4 is 33.0 Å². The summed E-state index contributed by atoms with van der Waals surface area (Å²) < 4.78 is 32.2. The molecule has 0 aliphatic carbocycles. The van der Waals surface area contributed by atoms with Crippen molar-refractivity contribution in [2.45, 2.75) is 12.2 Å². The number of nitrogens with zero attached hydrogens (tertiary/aromatic N) is 2. The van der Waals surface area contributed by atoms with E-state index in [1.54, 1.807) is 24.3 Å². The average Bonchev–Trinajstić information content (AvgIpc) is 3.20. The second-order valence-corrected chi connectivity index (χ2v) is 8.20. The first kappa shape index (κ1) is 17.1. The van der Waals surface area contributed by atoms with Crippen molar-refractivity contribution < 1.29 is 12.8 Å². The maximum atomic E-state index is 12.1. The van der Waals surface area contributed by atoms with Crippen molar-refractivity contribution in [2.75, 3.05) is 6.54 Å². The van der Waals surface area contributed by atoms with E-state index < -0.39 is 10.0 Å². The quantitative estimate of drug-likeness (QED) is 0.677. The Morgan fingerprint density at radius 2 is 1.96 bits per heavy atom. The molecule has 1 N–H and O–H groups in total. The molecule has 0 saturated carbocycles. The van der Waals surface area contributed by atoms with Gasteiger partial charge in [-0.1, -0.05) is 29.8 Å². The first-order valence-electron chi connectivity index (χ1n) is 7.10. The Bertz CT molecular complexity index is 890. The minimum absolute atomic E-state index is 0.103. The molecular formula is C15H14ClN3O3S2. The molecule has 1 aromatic carbocycles. The highest BCUT2D eigenvalue weighted by molar-refractivity contribution is 7.88. The summed E-state index contributed by atoms with van der Waals surface area (Å²) in [5, 5.41) is 10.4. The first-order chi connectivity index (χ1) is 11.5. The number of aromatic nitrogens is 2. The van der Waals surface area contributed by atoms with Gasteiger partial charge in [0.05, 0.1) is 10.6 Å². The van der Waals surface area contributed by atoms with Gasteiger partial charge in [-0.15, -0.1) is 21.5 Å². The van der Waals surface area contributed by atoms with Crippen LogP contribution in [-0.2, 0) is 22.2 Å². The van der Waals surface area contributed by atoms with Crippen molar-refractivity contribution in [2.24, 2.45) is 0 Å². The Labute approximate surface area is 148 Å². The molecule has 24 heavy (non-hydrogen) atoms. The molecule has 0 amide bonds. The van der Waals surface area contributed by atoms with Crippen LogP contribution in [0.15, 0.2) is 46.2 Å². The summed E-state index contributed by atoms with van der Waals surface area (Å²) in [6.07, 6.45) is 0.332. The number of rotatable bonds is 7. The molecule has 0 unspecified atom stereocenters. The van der Waals surface area contributed by atoms with Gasteiger partial charge in [-0.2, -0.15) is 0 Å².